The Labute approximate surface area is 341 Å². The highest BCUT2D eigenvalue weighted by Gasteiger charge is 2.36. The molecule has 1 aliphatic heterocycles. The molecule has 3 unspecified atom stereocenters. The van der Waals surface area contributed by atoms with E-state index >= 15 is 0 Å². The number of phosphoric acid groups is 1. The first-order chi connectivity index (χ1) is 27.6. The number of phosphoric ester groups is 1. The summed E-state index contributed by atoms with van der Waals surface area (Å²) in [5.41, 5.74) is 5.32. The first-order valence-corrected chi connectivity index (χ1v) is 22.2. The molecule has 57 heavy (non-hydrogen) atoms. The zero-order valence-electron chi connectivity index (χ0n) is 34.3. The molecule has 1 aliphatic rings. The van der Waals surface area contributed by atoms with Crippen LogP contribution in [0.3, 0.4) is 0 Å². The van der Waals surface area contributed by atoms with Crippen molar-refractivity contribution < 1.29 is 52.2 Å². The highest BCUT2D eigenvalue weighted by atomic mass is 31.2. The average Bonchev–Trinajstić information content (AvgIpc) is 3.94. The molecule has 0 aromatic heterocycles. The van der Waals surface area contributed by atoms with Crippen LogP contribution in [-0.2, 0) is 42.2 Å². The molecular formula is C44H70NO11P. The lowest BCUT2D eigenvalue weighted by molar-refractivity contribution is -0.161. The molecule has 13 heteroatoms. The molecule has 0 radical (unpaired) electrons. The SMILES string of the molecule is CC/C=C\C/C=C\C/C=C\C/C=C\CCCCC(=O)O[C@H](COC(=O)CCC/C=C\C/C=C\CC1OC1C/C=C\CCCCC)COP(=O)(O)OC[C@H](N)C(=O)O. The van der Waals surface area contributed by atoms with E-state index in [-0.39, 0.29) is 12.8 Å². The van der Waals surface area contributed by atoms with Crippen LogP contribution in [0.4, 0.5) is 0 Å². The van der Waals surface area contributed by atoms with Gasteiger partial charge in [0.05, 0.1) is 25.4 Å². The summed E-state index contributed by atoms with van der Waals surface area (Å²) >= 11 is 0. The van der Waals surface area contributed by atoms with Gasteiger partial charge in [-0.15, -0.1) is 0 Å². The van der Waals surface area contributed by atoms with Gasteiger partial charge in [-0.25, -0.2) is 4.57 Å². The summed E-state index contributed by atoms with van der Waals surface area (Å²) in [5, 5.41) is 8.88. The van der Waals surface area contributed by atoms with Gasteiger partial charge in [0, 0.05) is 12.8 Å². The lowest BCUT2D eigenvalue weighted by atomic mass is 10.1. The van der Waals surface area contributed by atoms with Crippen molar-refractivity contribution in [3.8, 4) is 0 Å². The van der Waals surface area contributed by atoms with Crippen LogP contribution in [0, 0.1) is 0 Å². The Hall–Kier alpha value is -3.38. The fraction of sp³-hybridized carbons (Fsp3) is 0.614. The maximum Gasteiger partial charge on any atom is 0.472 e. The van der Waals surface area contributed by atoms with Gasteiger partial charge in [-0.1, -0.05) is 112 Å². The number of carboxylic acids is 1. The summed E-state index contributed by atoms with van der Waals surface area (Å²) in [6.45, 7) is 2.52. The van der Waals surface area contributed by atoms with Crippen molar-refractivity contribution in [2.45, 2.75) is 154 Å². The smallest absolute Gasteiger partial charge is 0.472 e. The predicted octanol–water partition coefficient (Wildman–Crippen LogP) is 9.71. The molecule has 0 saturated carbocycles. The predicted molar refractivity (Wildman–Crippen MR) is 225 cm³/mol. The third-order valence-corrected chi connectivity index (χ3v) is 9.48. The number of aliphatic carboxylic acids is 1. The molecule has 1 rings (SSSR count). The van der Waals surface area contributed by atoms with Crippen LogP contribution in [0.5, 0.6) is 0 Å². The van der Waals surface area contributed by atoms with Crippen LogP contribution in [0.15, 0.2) is 85.1 Å². The van der Waals surface area contributed by atoms with E-state index < -0.39 is 57.7 Å². The number of rotatable bonds is 36. The van der Waals surface area contributed by atoms with Crippen molar-refractivity contribution in [2.24, 2.45) is 5.73 Å². The van der Waals surface area contributed by atoms with Crippen LogP contribution in [-0.4, -0.2) is 72.1 Å². The Morgan fingerprint density at radius 3 is 1.74 bits per heavy atom. The van der Waals surface area contributed by atoms with Crippen LogP contribution in [0.1, 0.15) is 129 Å². The first-order valence-electron chi connectivity index (χ1n) is 20.7. The maximum absolute atomic E-state index is 12.6. The molecule has 0 spiro atoms. The normalized spacial score (nSPS) is 18.2. The van der Waals surface area contributed by atoms with Crippen LogP contribution in [0.2, 0.25) is 0 Å². The highest BCUT2D eigenvalue weighted by molar-refractivity contribution is 7.47. The van der Waals surface area contributed by atoms with E-state index in [9.17, 15) is 23.8 Å². The molecule has 5 atom stereocenters. The van der Waals surface area contributed by atoms with Gasteiger partial charge in [-0.2, -0.15) is 0 Å². The molecule has 1 saturated heterocycles. The summed E-state index contributed by atoms with van der Waals surface area (Å²) in [7, 11) is -4.75. The Bertz CT molecular complexity index is 1350. The van der Waals surface area contributed by atoms with Crippen molar-refractivity contribution in [3.05, 3.63) is 85.1 Å². The number of allylic oxidation sites excluding steroid dienone is 12. The van der Waals surface area contributed by atoms with E-state index in [1.54, 1.807) is 0 Å². The van der Waals surface area contributed by atoms with Gasteiger partial charge in [-0.3, -0.25) is 23.4 Å². The van der Waals surface area contributed by atoms with Crippen molar-refractivity contribution in [1.82, 2.24) is 0 Å². The number of unbranched alkanes of at least 4 members (excludes halogenated alkanes) is 6. The summed E-state index contributed by atoms with van der Waals surface area (Å²) in [6, 6.07) is -1.54. The number of hydrogen-bond acceptors (Lipinski definition) is 10. The standard InChI is InChI=1S/C44H70NO11P/c1-3-5-7-9-11-12-13-14-15-16-17-18-21-26-30-34-43(47)55-38(36-53-57(50,51)54-37-39(45)44(48)49)35-52-42(46)33-29-25-22-19-20-24-28-32-41-40(56-41)31-27-23-10-8-6-4-2/h5,7,11-12,14-15,17-19,22-24,27-28,38-41H,3-4,6,8-10,13,16,20-21,25-26,29-37,45H2,1-2H3,(H,48,49)(H,50,51)/b7-5-,12-11-,15-14-,18-17-,22-19-,27-23-,28-24-/t38-,39+,40?,41?/m1/s1. The van der Waals surface area contributed by atoms with Crippen molar-refractivity contribution in [3.63, 3.8) is 0 Å². The second-order valence-corrected chi connectivity index (χ2v) is 15.2. The largest absolute Gasteiger partial charge is 0.480 e. The molecule has 12 nitrogen and oxygen atoms in total. The lowest BCUT2D eigenvalue weighted by Crippen LogP contribution is -2.34. The van der Waals surface area contributed by atoms with Gasteiger partial charge < -0.3 is 29.9 Å². The van der Waals surface area contributed by atoms with Crippen molar-refractivity contribution >= 4 is 25.7 Å². The van der Waals surface area contributed by atoms with Gasteiger partial charge in [0.15, 0.2) is 6.10 Å². The van der Waals surface area contributed by atoms with E-state index in [0.717, 1.165) is 64.2 Å². The maximum atomic E-state index is 12.6. The van der Waals surface area contributed by atoms with Crippen molar-refractivity contribution in [1.29, 1.82) is 0 Å². The third-order valence-electron chi connectivity index (χ3n) is 8.53. The number of nitrogens with two attached hydrogens (primary N) is 1. The fourth-order valence-electron chi connectivity index (χ4n) is 5.15. The molecule has 0 bridgehead atoms. The molecule has 4 N–H and O–H groups in total. The van der Waals surface area contributed by atoms with E-state index in [1.807, 2.05) is 12.2 Å². The Balaban J connectivity index is 2.38. The number of ether oxygens (including phenoxy) is 3. The zero-order valence-corrected chi connectivity index (χ0v) is 35.2. The third kappa shape index (κ3) is 32.3. The summed E-state index contributed by atoms with van der Waals surface area (Å²) in [6.07, 6.45) is 44.1. The van der Waals surface area contributed by atoms with E-state index in [1.165, 1.54) is 19.3 Å². The minimum Gasteiger partial charge on any atom is -0.480 e. The summed E-state index contributed by atoms with van der Waals surface area (Å²) in [5.74, 6) is -2.53. The number of hydrogen-bond donors (Lipinski definition) is 3. The second kappa shape index (κ2) is 34.6. The minimum absolute atomic E-state index is 0.0893. The van der Waals surface area contributed by atoms with Gasteiger partial charge in [0.1, 0.15) is 12.6 Å². The monoisotopic (exact) mass is 819 g/mol. The van der Waals surface area contributed by atoms with E-state index in [0.29, 0.717) is 31.5 Å². The van der Waals surface area contributed by atoms with Crippen molar-refractivity contribution in [2.75, 3.05) is 19.8 Å². The summed E-state index contributed by atoms with van der Waals surface area (Å²) in [4.78, 5) is 45.9. The molecule has 0 aromatic carbocycles. The Kier molecular flexibility index (Phi) is 31.4. The average molecular weight is 820 g/mol. The molecule has 0 aromatic rings. The second-order valence-electron chi connectivity index (χ2n) is 13.8. The topological polar surface area (TPSA) is 184 Å². The van der Waals surface area contributed by atoms with Gasteiger partial charge >= 0.3 is 25.7 Å². The molecule has 1 heterocycles. The Morgan fingerprint density at radius 1 is 0.649 bits per heavy atom. The number of carbonyl (C=O) groups is 3. The van der Waals surface area contributed by atoms with Crippen LogP contribution in [0.25, 0.3) is 0 Å². The minimum atomic E-state index is -4.75. The van der Waals surface area contributed by atoms with Crippen LogP contribution < -0.4 is 5.73 Å². The highest BCUT2D eigenvalue weighted by Crippen LogP contribution is 2.43. The van der Waals surface area contributed by atoms with E-state index in [2.05, 4.69) is 91.3 Å². The molecular weight excluding hydrogens is 749 g/mol. The zero-order chi connectivity index (χ0) is 41.8. The number of epoxide rings is 1. The fourth-order valence-corrected chi connectivity index (χ4v) is 5.92. The number of esters is 2. The molecule has 322 valence electrons. The van der Waals surface area contributed by atoms with E-state index in [4.69, 9.17) is 29.6 Å². The van der Waals surface area contributed by atoms with Gasteiger partial charge in [0.2, 0.25) is 0 Å². The number of carboxylic acid groups (broad SMARTS) is 1. The molecule has 1 fully saturated rings. The van der Waals surface area contributed by atoms with Gasteiger partial charge in [-0.05, 0) is 89.9 Å². The van der Waals surface area contributed by atoms with Gasteiger partial charge in [0.25, 0.3) is 0 Å². The lowest BCUT2D eigenvalue weighted by Gasteiger charge is -2.20. The van der Waals surface area contributed by atoms with Crippen LogP contribution >= 0.6 is 7.82 Å². The summed E-state index contributed by atoms with van der Waals surface area (Å²) < 4.78 is 38.3. The number of carbonyl (C=O) groups excluding carboxylic acids is 2. The first kappa shape index (κ1) is 51.6. The molecule has 0 aliphatic carbocycles. The molecule has 0 amide bonds. The quantitative estimate of drug-likeness (QED) is 0.0179. The Morgan fingerprint density at radius 2 is 1.14 bits per heavy atom.